The highest BCUT2D eigenvalue weighted by Gasteiger charge is 2.06. The second-order valence-electron chi connectivity index (χ2n) is 5.23. The molecule has 1 aromatic rings. The van der Waals surface area contributed by atoms with Crippen molar-refractivity contribution in [3.63, 3.8) is 0 Å². The van der Waals surface area contributed by atoms with Crippen molar-refractivity contribution in [1.29, 1.82) is 0 Å². The zero-order valence-corrected chi connectivity index (χ0v) is 15.3. The van der Waals surface area contributed by atoms with E-state index in [0.29, 0.717) is 11.7 Å². The van der Waals surface area contributed by atoms with E-state index in [1.54, 1.807) is 14.2 Å². The Morgan fingerprint density at radius 3 is 2.70 bits per heavy atom. The fraction of sp³-hybridized carbons (Fsp3) is 0.529. The Morgan fingerprint density at radius 1 is 1.26 bits per heavy atom. The van der Waals surface area contributed by atoms with Crippen LogP contribution in [0.3, 0.4) is 0 Å². The van der Waals surface area contributed by atoms with Gasteiger partial charge in [0.15, 0.2) is 5.11 Å². The Morgan fingerprint density at radius 2 is 2.04 bits per heavy atom. The molecule has 1 aromatic carbocycles. The number of hydrogen-bond acceptors (Lipinski definition) is 4. The zero-order valence-electron chi connectivity index (χ0n) is 14.4. The van der Waals surface area contributed by atoms with Crippen LogP contribution in [0.5, 0.6) is 5.75 Å². The molecular formula is C17H27N3O2S. The Bertz CT molecular complexity index is 533. The van der Waals surface area contributed by atoms with Crippen LogP contribution in [0.15, 0.2) is 23.3 Å². The first-order valence-electron chi connectivity index (χ1n) is 7.86. The molecule has 6 heteroatoms. The van der Waals surface area contributed by atoms with Crippen molar-refractivity contribution < 1.29 is 9.47 Å². The molecule has 0 saturated carbocycles. The van der Waals surface area contributed by atoms with Crippen LogP contribution in [0.2, 0.25) is 0 Å². The molecule has 0 fully saturated rings. The smallest absolute Gasteiger partial charge is 0.186 e. The quantitative estimate of drug-likeness (QED) is 0.314. The van der Waals surface area contributed by atoms with Gasteiger partial charge in [0.05, 0.1) is 19.4 Å². The van der Waals surface area contributed by atoms with Crippen LogP contribution < -0.4 is 15.5 Å². The Kier molecular flexibility index (Phi) is 9.24. The van der Waals surface area contributed by atoms with Gasteiger partial charge in [-0.3, -0.25) is 5.43 Å². The van der Waals surface area contributed by atoms with Crippen molar-refractivity contribution in [1.82, 2.24) is 10.7 Å². The number of benzene rings is 1. The van der Waals surface area contributed by atoms with E-state index < -0.39 is 0 Å². The molecule has 0 aliphatic heterocycles. The van der Waals surface area contributed by atoms with Crippen LogP contribution >= 0.6 is 12.2 Å². The van der Waals surface area contributed by atoms with Gasteiger partial charge in [0, 0.05) is 19.2 Å². The van der Waals surface area contributed by atoms with Crippen LogP contribution in [0, 0.1) is 0 Å². The maximum atomic E-state index is 5.33. The van der Waals surface area contributed by atoms with Crippen LogP contribution in [0.4, 0.5) is 0 Å². The summed E-state index contributed by atoms with van der Waals surface area (Å²) in [7, 11) is 3.32. The fourth-order valence-corrected chi connectivity index (χ4v) is 2.24. The number of methoxy groups -OCH3 is 2. The van der Waals surface area contributed by atoms with Crippen molar-refractivity contribution in [2.45, 2.75) is 39.7 Å². The lowest BCUT2D eigenvalue weighted by Crippen LogP contribution is -2.33. The summed E-state index contributed by atoms with van der Waals surface area (Å²) in [6.45, 7) is 5.48. The van der Waals surface area contributed by atoms with Crippen molar-refractivity contribution in [3.05, 3.63) is 29.3 Å². The van der Waals surface area contributed by atoms with Crippen LogP contribution in [-0.4, -0.2) is 31.6 Å². The minimum atomic E-state index is 0.495. The van der Waals surface area contributed by atoms with E-state index in [1.165, 1.54) is 12.8 Å². The Labute approximate surface area is 144 Å². The highest BCUT2D eigenvalue weighted by molar-refractivity contribution is 7.80. The molecule has 0 aliphatic carbocycles. The summed E-state index contributed by atoms with van der Waals surface area (Å²) in [5, 5.41) is 8.03. The number of hydrazone groups is 1. The molecule has 23 heavy (non-hydrogen) atoms. The normalized spacial score (nSPS) is 11.2. The van der Waals surface area contributed by atoms with E-state index >= 15 is 0 Å². The first-order chi connectivity index (χ1) is 11.1. The average Bonchev–Trinajstić information content (AvgIpc) is 2.56. The monoisotopic (exact) mass is 337 g/mol. The van der Waals surface area contributed by atoms with Crippen molar-refractivity contribution in [3.8, 4) is 5.75 Å². The topological polar surface area (TPSA) is 54.9 Å². The summed E-state index contributed by atoms with van der Waals surface area (Å²) >= 11 is 5.21. The third kappa shape index (κ3) is 6.97. The summed E-state index contributed by atoms with van der Waals surface area (Å²) in [6.07, 6.45) is 3.51. The Hall–Kier alpha value is -1.66. The molecule has 5 nitrogen and oxygen atoms in total. The van der Waals surface area contributed by atoms with Crippen LogP contribution in [0.25, 0.3) is 0 Å². The van der Waals surface area contributed by atoms with Crippen LogP contribution in [0.1, 0.15) is 44.2 Å². The molecule has 2 N–H and O–H groups in total. The molecule has 0 aromatic heterocycles. The van der Waals surface area contributed by atoms with Crippen molar-refractivity contribution in [2.75, 3.05) is 20.8 Å². The second-order valence-corrected chi connectivity index (χ2v) is 5.64. The molecule has 128 valence electrons. The fourth-order valence-electron chi connectivity index (χ4n) is 2.09. The highest BCUT2D eigenvalue weighted by atomic mass is 32.1. The maximum Gasteiger partial charge on any atom is 0.186 e. The van der Waals surface area contributed by atoms with E-state index in [-0.39, 0.29) is 0 Å². The summed E-state index contributed by atoms with van der Waals surface area (Å²) in [6, 6.07) is 5.90. The van der Waals surface area contributed by atoms with E-state index in [4.69, 9.17) is 21.7 Å². The summed E-state index contributed by atoms with van der Waals surface area (Å²) in [5.74, 6) is 0.810. The van der Waals surface area contributed by atoms with Gasteiger partial charge in [-0.05, 0) is 49.3 Å². The predicted molar refractivity (Wildman–Crippen MR) is 99.2 cm³/mol. The summed E-state index contributed by atoms with van der Waals surface area (Å²) < 4.78 is 10.5. The number of nitrogens with zero attached hydrogens (tertiary/aromatic N) is 1. The number of rotatable bonds is 9. The number of unbranched alkanes of at least 4 members (excludes halogenated alkanes) is 2. The second kappa shape index (κ2) is 11.0. The van der Waals surface area contributed by atoms with Gasteiger partial charge in [0.2, 0.25) is 0 Å². The number of hydrogen-bond donors (Lipinski definition) is 2. The first kappa shape index (κ1) is 19.4. The lowest BCUT2D eigenvalue weighted by molar-refractivity contribution is 0.181. The lowest BCUT2D eigenvalue weighted by Gasteiger charge is -2.11. The zero-order chi connectivity index (χ0) is 17.1. The minimum absolute atomic E-state index is 0.495. The third-order valence-corrected chi connectivity index (χ3v) is 3.62. The maximum absolute atomic E-state index is 5.33. The number of ether oxygens (including phenoxy) is 2. The average molecular weight is 337 g/mol. The van der Waals surface area contributed by atoms with Gasteiger partial charge in [-0.2, -0.15) is 5.10 Å². The van der Waals surface area contributed by atoms with Crippen LogP contribution in [-0.2, 0) is 11.3 Å². The van der Waals surface area contributed by atoms with Gasteiger partial charge in [-0.15, -0.1) is 0 Å². The molecule has 0 heterocycles. The molecule has 0 aliphatic rings. The van der Waals surface area contributed by atoms with E-state index in [2.05, 4.69) is 22.8 Å². The number of nitrogens with one attached hydrogen (secondary N) is 2. The molecule has 0 spiro atoms. The SMILES string of the molecule is CCCCCNC(=S)N/N=C(/C)c1ccc(OC)c(COC)c1. The summed E-state index contributed by atoms with van der Waals surface area (Å²) in [4.78, 5) is 0. The van der Waals surface area contributed by atoms with Gasteiger partial charge in [-0.25, -0.2) is 0 Å². The molecule has 1 rings (SSSR count). The molecule has 0 radical (unpaired) electrons. The highest BCUT2D eigenvalue weighted by Crippen LogP contribution is 2.21. The van der Waals surface area contributed by atoms with Crippen molar-refractivity contribution in [2.24, 2.45) is 5.10 Å². The molecule has 0 atom stereocenters. The largest absolute Gasteiger partial charge is 0.496 e. The molecule has 0 amide bonds. The van der Waals surface area contributed by atoms with Gasteiger partial charge in [0.1, 0.15) is 5.75 Å². The summed E-state index contributed by atoms with van der Waals surface area (Å²) in [5.41, 5.74) is 5.72. The molecule has 0 unspecified atom stereocenters. The minimum Gasteiger partial charge on any atom is -0.496 e. The third-order valence-electron chi connectivity index (χ3n) is 3.39. The van der Waals surface area contributed by atoms with Gasteiger partial charge in [-0.1, -0.05) is 19.8 Å². The molecular weight excluding hydrogens is 310 g/mol. The number of thiocarbonyl (C=S) groups is 1. The van der Waals surface area contributed by atoms with Gasteiger partial charge < -0.3 is 14.8 Å². The van der Waals surface area contributed by atoms with Crippen molar-refractivity contribution >= 4 is 23.0 Å². The molecule has 0 saturated heterocycles. The Balaban J connectivity index is 2.63. The van der Waals surface area contributed by atoms with E-state index in [1.807, 2.05) is 25.1 Å². The van der Waals surface area contributed by atoms with Gasteiger partial charge in [0.25, 0.3) is 0 Å². The standard InChI is InChI=1S/C17H27N3O2S/c1-5-6-7-10-18-17(23)20-19-13(2)14-8-9-16(22-4)15(11-14)12-21-3/h8-9,11H,5-7,10,12H2,1-4H3,(H2,18,20,23)/b19-13-. The predicted octanol–water partition coefficient (Wildman–Crippen LogP) is 3.22. The van der Waals surface area contributed by atoms with E-state index in [0.717, 1.165) is 35.6 Å². The van der Waals surface area contributed by atoms with E-state index in [9.17, 15) is 0 Å². The van der Waals surface area contributed by atoms with Gasteiger partial charge >= 0.3 is 0 Å². The lowest BCUT2D eigenvalue weighted by atomic mass is 10.1. The first-order valence-corrected chi connectivity index (χ1v) is 8.27. The molecule has 0 bridgehead atoms.